The van der Waals surface area contributed by atoms with Crippen LogP contribution in [0.25, 0.3) is 11.2 Å². The average Bonchev–Trinajstić information content (AvgIpc) is 3.48. The first kappa shape index (κ1) is 23.1. The number of imidazole rings is 1. The third-order valence-corrected chi connectivity index (χ3v) is 6.17. The van der Waals surface area contributed by atoms with Crippen LogP contribution >= 0.6 is 11.6 Å². The number of carbonyl (C=O) groups excluding carboxylic acids is 1. The van der Waals surface area contributed by atoms with Gasteiger partial charge >= 0.3 is 11.8 Å². The van der Waals surface area contributed by atoms with E-state index in [0.717, 1.165) is 42.2 Å². The van der Waals surface area contributed by atoms with E-state index in [1.807, 2.05) is 30.3 Å². The molecule has 1 saturated carbocycles. The van der Waals surface area contributed by atoms with Gasteiger partial charge in [-0.3, -0.25) is 13.9 Å². The van der Waals surface area contributed by atoms with Crippen molar-refractivity contribution in [1.82, 2.24) is 24.4 Å². The second-order valence-corrected chi connectivity index (χ2v) is 8.74. The molecule has 3 aromatic rings. The number of nitrogens with one attached hydrogen (secondary N) is 2. The summed E-state index contributed by atoms with van der Waals surface area (Å²) >= 11 is 5.96. The first-order valence-electron chi connectivity index (χ1n) is 11.3. The molecular formula is C23H28ClN5O4. The lowest BCUT2D eigenvalue weighted by atomic mass is 10.1. The summed E-state index contributed by atoms with van der Waals surface area (Å²) in [5.74, 6) is 0. The summed E-state index contributed by atoms with van der Waals surface area (Å²) in [5.41, 5.74) is 0.265. The highest BCUT2D eigenvalue weighted by Crippen LogP contribution is 2.45. The maximum Gasteiger partial charge on any atom is 0.407 e. The molecule has 0 unspecified atom stereocenters. The number of H-pyrrole nitrogens is 1. The molecular weight excluding hydrogens is 446 g/mol. The van der Waals surface area contributed by atoms with E-state index >= 15 is 0 Å². The molecule has 176 valence electrons. The number of rotatable bonds is 10. The van der Waals surface area contributed by atoms with Crippen LogP contribution in [0.5, 0.6) is 0 Å². The highest BCUT2D eigenvalue weighted by atomic mass is 35.5. The predicted octanol–water partition coefficient (Wildman–Crippen LogP) is 3.54. The molecule has 0 aliphatic heterocycles. The van der Waals surface area contributed by atoms with Crippen LogP contribution in [0.1, 0.15) is 51.0 Å². The molecule has 1 aromatic carbocycles. The zero-order valence-electron chi connectivity index (χ0n) is 18.6. The van der Waals surface area contributed by atoms with Gasteiger partial charge in [-0.1, -0.05) is 50.1 Å². The molecule has 33 heavy (non-hydrogen) atoms. The van der Waals surface area contributed by atoms with Crippen LogP contribution < -0.4 is 16.6 Å². The van der Waals surface area contributed by atoms with E-state index in [1.165, 1.54) is 4.57 Å². The lowest BCUT2D eigenvalue weighted by Crippen LogP contribution is -2.40. The highest BCUT2D eigenvalue weighted by Gasteiger charge is 2.46. The predicted molar refractivity (Wildman–Crippen MR) is 126 cm³/mol. The van der Waals surface area contributed by atoms with E-state index in [1.54, 1.807) is 0 Å². The summed E-state index contributed by atoms with van der Waals surface area (Å²) in [6.07, 6.45) is 4.31. The van der Waals surface area contributed by atoms with Crippen LogP contribution in [0.3, 0.4) is 0 Å². The number of hydrogen-bond donors (Lipinski definition) is 2. The van der Waals surface area contributed by atoms with Gasteiger partial charge in [0.2, 0.25) is 5.28 Å². The molecule has 1 aliphatic rings. The first-order valence-corrected chi connectivity index (χ1v) is 11.7. The van der Waals surface area contributed by atoms with Gasteiger partial charge in [-0.05, 0) is 42.8 Å². The fourth-order valence-corrected chi connectivity index (χ4v) is 4.22. The Kier molecular flexibility index (Phi) is 6.88. The quantitative estimate of drug-likeness (QED) is 0.345. The van der Waals surface area contributed by atoms with Gasteiger partial charge in [-0.2, -0.15) is 4.98 Å². The fourth-order valence-electron chi connectivity index (χ4n) is 4.04. The molecule has 10 heteroatoms. The van der Waals surface area contributed by atoms with Gasteiger partial charge in [0, 0.05) is 13.1 Å². The first-order chi connectivity index (χ1) is 15.9. The number of fused-ring (bicyclic) bond motifs is 1. The number of unbranched alkanes of at least 4 members (excludes halogenated alkanes) is 2. The van der Waals surface area contributed by atoms with Crippen LogP contribution in [-0.4, -0.2) is 31.8 Å². The third kappa shape index (κ3) is 4.98. The smallest absolute Gasteiger partial charge is 0.407 e. The van der Waals surface area contributed by atoms with Crippen LogP contribution in [0.15, 0.2) is 39.9 Å². The van der Waals surface area contributed by atoms with E-state index in [9.17, 15) is 14.4 Å². The Labute approximate surface area is 195 Å². The number of hydrogen-bond acceptors (Lipinski definition) is 5. The van der Waals surface area contributed by atoms with Gasteiger partial charge < -0.3 is 15.0 Å². The standard InChI is InChI=1S/C23H28ClN5O4/c1-2-3-7-13-28-18-17(25-20(24)26-18)19(30)29(22(28)32)14-8-15-33-21(31)27-23(11-12-23)16-9-5-4-6-10-16/h4-6,9-10H,2-3,7-8,11-15H2,1H3,(H,25,26)(H,27,31). The number of alkyl carbamates (subject to hydrolysis) is 1. The second kappa shape index (κ2) is 9.82. The van der Waals surface area contributed by atoms with Crippen molar-refractivity contribution in [2.24, 2.45) is 0 Å². The van der Waals surface area contributed by atoms with Gasteiger partial charge in [0.1, 0.15) is 0 Å². The highest BCUT2D eigenvalue weighted by molar-refractivity contribution is 6.28. The van der Waals surface area contributed by atoms with E-state index in [2.05, 4.69) is 22.2 Å². The number of amides is 1. The minimum atomic E-state index is -0.503. The van der Waals surface area contributed by atoms with Gasteiger partial charge in [-0.15, -0.1) is 0 Å². The van der Waals surface area contributed by atoms with Crippen molar-refractivity contribution >= 4 is 28.9 Å². The molecule has 9 nitrogen and oxygen atoms in total. The van der Waals surface area contributed by atoms with Gasteiger partial charge in [0.05, 0.1) is 12.1 Å². The minimum Gasteiger partial charge on any atom is -0.449 e. The third-order valence-electron chi connectivity index (χ3n) is 5.99. The molecule has 2 aromatic heterocycles. The Morgan fingerprint density at radius 2 is 1.88 bits per heavy atom. The Morgan fingerprint density at radius 3 is 2.58 bits per heavy atom. The summed E-state index contributed by atoms with van der Waals surface area (Å²) in [6, 6.07) is 9.80. The van der Waals surface area contributed by atoms with Crippen molar-refractivity contribution in [3.63, 3.8) is 0 Å². The molecule has 0 saturated heterocycles. The number of benzene rings is 1. The van der Waals surface area contributed by atoms with Crippen LogP contribution in [0, 0.1) is 0 Å². The normalized spacial score (nSPS) is 14.4. The van der Waals surface area contributed by atoms with Crippen molar-refractivity contribution in [3.8, 4) is 0 Å². The molecule has 0 atom stereocenters. The van der Waals surface area contributed by atoms with E-state index < -0.39 is 17.3 Å². The monoisotopic (exact) mass is 473 g/mol. The SMILES string of the molecule is CCCCCn1c(=O)n(CCCOC(=O)NC2(c3ccccc3)CC2)c(=O)c2[nH]c(Cl)nc21. The summed E-state index contributed by atoms with van der Waals surface area (Å²) in [5, 5.41) is 3.01. The zero-order valence-corrected chi connectivity index (χ0v) is 19.4. The number of halogens is 1. The topological polar surface area (TPSA) is 111 Å². The van der Waals surface area contributed by atoms with Gasteiger partial charge in [-0.25, -0.2) is 9.59 Å². The number of ether oxygens (including phenoxy) is 1. The van der Waals surface area contributed by atoms with Crippen molar-refractivity contribution < 1.29 is 9.53 Å². The maximum atomic E-state index is 13.0. The largest absolute Gasteiger partial charge is 0.449 e. The molecule has 1 fully saturated rings. The van der Waals surface area contributed by atoms with Crippen molar-refractivity contribution in [2.45, 2.75) is 64.1 Å². The minimum absolute atomic E-state index is 0.0657. The molecule has 0 radical (unpaired) electrons. The second-order valence-electron chi connectivity index (χ2n) is 8.39. The number of nitrogens with zero attached hydrogens (tertiary/aromatic N) is 3. The number of aromatic nitrogens is 4. The zero-order chi connectivity index (χ0) is 23.4. The molecule has 0 spiro atoms. The Hall–Kier alpha value is -3.07. The summed E-state index contributed by atoms with van der Waals surface area (Å²) in [4.78, 5) is 45.0. The molecule has 1 aliphatic carbocycles. The van der Waals surface area contributed by atoms with Crippen molar-refractivity contribution in [2.75, 3.05) is 6.61 Å². The summed E-state index contributed by atoms with van der Waals surface area (Å²) < 4.78 is 7.96. The Bertz CT molecular complexity index is 1240. The number of carbonyl (C=O) groups is 1. The van der Waals surface area contributed by atoms with E-state index in [-0.39, 0.29) is 35.1 Å². The lowest BCUT2D eigenvalue weighted by molar-refractivity contribution is 0.137. The van der Waals surface area contributed by atoms with Crippen molar-refractivity contribution in [1.29, 1.82) is 0 Å². The lowest BCUT2D eigenvalue weighted by Gasteiger charge is -2.17. The molecule has 2 N–H and O–H groups in total. The number of aromatic amines is 1. The molecule has 1 amide bonds. The van der Waals surface area contributed by atoms with Gasteiger partial charge in [0.25, 0.3) is 5.56 Å². The molecule has 2 heterocycles. The number of aryl methyl sites for hydroxylation is 1. The molecule has 4 rings (SSSR count). The fraction of sp³-hybridized carbons (Fsp3) is 0.478. The summed E-state index contributed by atoms with van der Waals surface area (Å²) in [6.45, 7) is 2.73. The Balaban J connectivity index is 1.39. The van der Waals surface area contributed by atoms with Crippen LogP contribution in [0.2, 0.25) is 5.28 Å². The maximum absolute atomic E-state index is 13.0. The molecule has 0 bridgehead atoms. The Morgan fingerprint density at radius 1 is 1.15 bits per heavy atom. The van der Waals surface area contributed by atoms with Crippen LogP contribution in [-0.2, 0) is 23.4 Å². The van der Waals surface area contributed by atoms with Gasteiger partial charge in [0.15, 0.2) is 11.2 Å². The van der Waals surface area contributed by atoms with E-state index in [0.29, 0.717) is 13.0 Å². The van der Waals surface area contributed by atoms with Crippen molar-refractivity contribution in [3.05, 3.63) is 62.0 Å². The van der Waals surface area contributed by atoms with E-state index in [4.69, 9.17) is 16.3 Å². The summed E-state index contributed by atoms with van der Waals surface area (Å²) in [7, 11) is 0. The average molecular weight is 474 g/mol. The van der Waals surface area contributed by atoms with Crippen LogP contribution in [0.4, 0.5) is 4.79 Å².